The normalized spacial score (nSPS) is 10.6. The van der Waals surface area contributed by atoms with Crippen LogP contribution < -0.4 is 14.8 Å². The SMILES string of the molecule is CC(C)NCc1cc(OCCOc2ccccc2)ccn1. The van der Waals surface area contributed by atoms with Crippen molar-refractivity contribution in [1.82, 2.24) is 10.3 Å². The number of aromatic nitrogens is 1. The Hall–Kier alpha value is -2.07. The highest BCUT2D eigenvalue weighted by atomic mass is 16.5. The van der Waals surface area contributed by atoms with Crippen molar-refractivity contribution < 1.29 is 9.47 Å². The molecule has 4 nitrogen and oxygen atoms in total. The summed E-state index contributed by atoms with van der Waals surface area (Å²) < 4.78 is 11.3. The molecule has 1 heterocycles. The first-order valence-electron chi connectivity index (χ1n) is 7.23. The molecule has 112 valence electrons. The smallest absolute Gasteiger partial charge is 0.122 e. The number of rotatable bonds is 8. The molecule has 0 aliphatic heterocycles. The van der Waals surface area contributed by atoms with E-state index in [0.717, 1.165) is 23.7 Å². The Morgan fingerprint density at radius 3 is 2.43 bits per heavy atom. The molecule has 21 heavy (non-hydrogen) atoms. The molecule has 0 radical (unpaired) electrons. The van der Waals surface area contributed by atoms with Gasteiger partial charge in [-0.2, -0.15) is 0 Å². The van der Waals surface area contributed by atoms with Crippen LogP contribution in [0.2, 0.25) is 0 Å². The molecule has 0 aliphatic carbocycles. The fourth-order valence-electron chi connectivity index (χ4n) is 1.79. The van der Waals surface area contributed by atoms with Crippen LogP contribution in [0, 0.1) is 0 Å². The van der Waals surface area contributed by atoms with E-state index in [9.17, 15) is 0 Å². The Bertz CT molecular complexity index is 529. The summed E-state index contributed by atoms with van der Waals surface area (Å²) in [6, 6.07) is 14.0. The summed E-state index contributed by atoms with van der Waals surface area (Å²) in [5.74, 6) is 1.68. The Balaban J connectivity index is 1.74. The van der Waals surface area contributed by atoms with Crippen molar-refractivity contribution in [2.24, 2.45) is 0 Å². The zero-order chi connectivity index (χ0) is 14.9. The molecule has 0 saturated heterocycles. The quantitative estimate of drug-likeness (QED) is 0.758. The largest absolute Gasteiger partial charge is 0.490 e. The number of nitrogens with one attached hydrogen (secondary N) is 1. The van der Waals surface area contributed by atoms with E-state index < -0.39 is 0 Å². The molecular formula is C17H22N2O2. The molecule has 4 heteroatoms. The van der Waals surface area contributed by atoms with E-state index in [1.165, 1.54) is 0 Å². The zero-order valence-electron chi connectivity index (χ0n) is 12.6. The Kier molecular flexibility index (Phi) is 6.03. The molecule has 0 unspecified atom stereocenters. The molecule has 0 amide bonds. The molecule has 2 aromatic rings. The second kappa shape index (κ2) is 8.27. The first kappa shape index (κ1) is 15.3. The Morgan fingerprint density at radius 1 is 1.00 bits per heavy atom. The average molecular weight is 286 g/mol. The number of ether oxygens (including phenoxy) is 2. The second-order valence-electron chi connectivity index (χ2n) is 5.03. The van der Waals surface area contributed by atoms with E-state index in [2.05, 4.69) is 24.1 Å². The number of nitrogens with zero attached hydrogens (tertiary/aromatic N) is 1. The average Bonchev–Trinajstić information content (AvgIpc) is 2.51. The molecule has 0 spiro atoms. The van der Waals surface area contributed by atoms with Crippen molar-refractivity contribution in [3.63, 3.8) is 0 Å². The maximum absolute atomic E-state index is 5.68. The third-order valence-electron chi connectivity index (χ3n) is 2.84. The highest BCUT2D eigenvalue weighted by Gasteiger charge is 2.00. The highest BCUT2D eigenvalue weighted by Crippen LogP contribution is 2.12. The molecule has 0 atom stereocenters. The van der Waals surface area contributed by atoms with E-state index in [1.807, 2.05) is 42.5 Å². The van der Waals surface area contributed by atoms with E-state index in [1.54, 1.807) is 6.20 Å². The van der Waals surface area contributed by atoms with Crippen LogP contribution in [0.25, 0.3) is 0 Å². The van der Waals surface area contributed by atoms with Gasteiger partial charge in [0.15, 0.2) is 0 Å². The summed E-state index contributed by atoms with van der Waals surface area (Å²) in [7, 11) is 0. The third kappa shape index (κ3) is 5.83. The van der Waals surface area contributed by atoms with Crippen LogP contribution in [-0.2, 0) is 6.54 Å². The van der Waals surface area contributed by atoms with Crippen LogP contribution >= 0.6 is 0 Å². The summed E-state index contributed by atoms with van der Waals surface area (Å²) >= 11 is 0. The Labute approximate surface area is 126 Å². The van der Waals surface area contributed by atoms with Crippen LogP contribution in [0.15, 0.2) is 48.7 Å². The van der Waals surface area contributed by atoms with Gasteiger partial charge in [-0.05, 0) is 18.2 Å². The van der Waals surface area contributed by atoms with E-state index in [4.69, 9.17) is 9.47 Å². The minimum atomic E-state index is 0.440. The van der Waals surface area contributed by atoms with E-state index in [-0.39, 0.29) is 0 Å². The number of pyridine rings is 1. The molecule has 1 aromatic carbocycles. The first-order chi connectivity index (χ1) is 10.2. The number of hydrogen-bond acceptors (Lipinski definition) is 4. The molecule has 0 saturated carbocycles. The van der Waals surface area contributed by atoms with Crippen LogP contribution in [0.1, 0.15) is 19.5 Å². The maximum Gasteiger partial charge on any atom is 0.122 e. The topological polar surface area (TPSA) is 43.4 Å². The predicted octanol–water partition coefficient (Wildman–Crippen LogP) is 3.04. The van der Waals surface area contributed by atoms with Crippen LogP contribution in [0.3, 0.4) is 0 Å². The van der Waals surface area contributed by atoms with Gasteiger partial charge < -0.3 is 14.8 Å². The van der Waals surface area contributed by atoms with Gasteiger partial charge in [-0.1, -0.05) is 32.0 Å². The zero-order valence-corrected chi connectivity index (χ0v) is 12.6. The van der Waals surface area contributed by atoms with Gasteiger partial charge in [0.1, 0.15) is 24.7 Å². The molecular weight excluding hydrogens is 264 g/mol. The lowest BCUT2D eigenvalue weighted by Crippen LogP contribution is -2.22. The molecule has 1 aromatic heterocycles. The van der Waals surface area contributed by atoms with Gasteiger partial charge in [0.2, 0.25) is 0 Å². The summed E-state index contributed by atoms with van der Waals surface area (Å²) in [5.41, 5.74) is 0.977. The molecule has 2 rings (SSSR count). The summed E-state index contributed by atoms with van der Waals surface area (Å²) in [5, 5.41) is 3.34. The van der Waals surface area contributed by atoms with Gasteiger partial charge in [-0.15, -0.1) is 0 Å². The highest BCUT2D eigenvalue weighted by molar-refractivity contribution is 5.23. The van der Waals surface area contributed by atoms with Gasteiger partial charge in [0, 0.05) is 24.8 Å². The van der Waals surface area contributed by atoms with Crippen molar-refractivity contribution in [2.45, 2.75) is 26.4 Å². The van der Waals surface area contributed by atoms with Crippen LogP contribution in [-0.4, -0.2) is 24.2 Å². The summed E-state index contributed by atoms with van der Waals surface area (Å²) in [4.78, 5) is 4.31. The van der Waals surface area contributed by atoms with E-state index >= 15 is 0 Å². The minimum absolute atomic E-state index is 0.440. The lowest BCUT2D eigenvalue weighted by atomic mass is 10.3. The van der Waals surface area contributed by atoms with Crippen molar-refractivity contribution in [3.05, 3.63) is 54.4 Å². The standard InChI is InChI=1S/C17H22N2O2/c1-14(2)19-13-15-12-17(8-9-18-15)21-11-10-20-16-6-4-3-5-7-16/h3-9,12,14,19H,10-11,13H2,1-2H3. The van der Waals surface area contributed by atoms with Crippen LogP contribution in [0.4, 0.5) is 0 Å². The van der Waals surface area contributed by atoms with Gasteiger partial charge >= 0.3 is 0 Å². The fraction of sp³-hybridized carbons (Fsp3) is 0.353. The number of para-hydroxylation sites is 1. The summed E-state index contributed by atoms with van der Waals surface area (Å²) in [6.07, 6.45) is 1.77. The predicted molar refractivity (Wildman–Crippen MR) is 83.6 cm³/mol. The molecule has 0 bridgehead atoms. The number of benzene rings is 1. The minimum Gasteiger partial charge on any atom is -0.490 e. The molecule has 0 aliphatic rings. The third-order valence-corrected chi connectivity index (χ3v) is 2.84. The van der Waals surface area contributed by atoms with Gasteiger partial charge in [-0.25, -0.2) is 0 Å². The monoisotopic (exact) mass is 286 g/mol. The fourth-order valence-corrected chi connectivity index (χ4v) is 1.79. The molecule has 0 fully saturated rings. The summed E-state index contributed by atoms with van der Waals surface area (Å²) in [6.45, 7) is 6.00. The maximum atomic E-state index is 5.68. The second-order valence-corrected chi connectivity index (χ2v) is 5.03. The van der Waals surface area contributed by atoms with Gasteiger partial charge in [0.25, 0.3) is 0 Å². The Morgan fingerprint density at radius 2 is 1.71 bits per heavy atom. The van der Waals surface area contributed by atoms with Crippen LogP contribution in [0.5, 0.6) is 11.5 Å². The van der Waals surface area contributed by atoms with Crippen molar-refractivity contribution >= 4 is 0 Å². The number of hydrogen-bond donors (Lipinski definition) is 1. The lowest BCUT2D eigenvalue weighted by Gasteiger charge is -2.10. The van der Waals surface area contributed by atoms with Crippen molar-refractivity contribution in [1.29, 1.82) is 0 Å². The van der Waals surface area contributed by atoms with Crippen molar-refractivity contribution in [2.75, 3.05) is 13.2 Å². The lowest BCUT2D eigenvalue weighted by molar-refractivity contribution is 0.217. The van der Waals surface area contributed by atoms with Crippen molar-refractivity contribution in [3.8, 4) is 11.5 Å². The first-order valence-corrected chi connectivity index (χ1v) is 7.23. The van der Waals surface area contributed by atoms with E-state index in [0.29, 0.717) is 19.3 Å². The molecule has 1 N–H and O–H groups in total. The van der Waals surface area contributed by atoms with Gasteiger partial charge in [-0.3, -0.25) is 4.98 Å². The van der Waals surface area contributed by atoms with Gasteiger partial charge in [0.05, 0.1) is 5.69 Å².